The van der Waals surface area contributed by atoms with Crippen LogP contribution in [0.1, 0.15) is 13.3 Å². The Morgan fingerprint density at radius 1 is 1.25 bits per heavy atom. The van der Waals surface area contributed by atoms with Crippen LogP contribution in [0.2, 0.25) is 0 Å². The van der Waals surface area contributed by atoms with Gasteiger partial charge in [0, 0.05) is 24.4 Å². The van der Waals surface area contributed by atoms with E-state index in [2.05, 4.69) is 42.4 Å². The maximum atomic E-state index is 3.51. The number of hydrogen-bond acceptors (Lipinski definition) is 4. The Balaban J connectivity index is 2.34. The summed E-state index contributed by atoms with van der Waals surface area (Å²) in [5.74, 6) is 0. The zero-order chi connectivity index (χ0) is 12.0. The number of hydrogen-bond donors (Lipinski definition) is 1. The van der Waals surface area contributed by atoms with Gasteiger partial charge >= 0.3 is 0 Å². The van der Waals surface area contributed by atoms with Crippen molar-refractivity contribution in [2.24, 2.45) is 0 Å². The Kier molecular flexibility index (Phi) is 6.73. The van der Waals surface area contributed by atoms with Crippen LogP contribution in [0, 0.1) is 0 Å². The molecule has 0 saturated carbocycles. The second kappa shape index (κ2) is 7.54. The van der Waals surface area contributed by atoms with E-state index in [1.165, 1.54) is 39.1 Å². The average molecular weight is 245 g/mol. The summed E-state index contributed by atoms with van der Waals surface area (Å²) in [7, 11) is 4.30. The van der Waals surface area contributed by atoms with Gasteiger partial charge in [-0.2, -0.15) is 11.8 Å². The largest absolute Gasteiger partial charge is 0.314 e. The van der Waals surface area contributed by atoms with Crippen LogP contribution in [0.4, 0.5) is 0 Å². The molecule has 1 aliphatic heterocycles. The molecule has 4 heteroatoms. The van der Waals surface area contributed by atoms with Gasteiger partial charge in [0.25, 0.3) is 0 Å². The molecular weight excluding hydrogens is 218 g/mol. The van der Waals surface area contributed by atoms with Gasteiger partial charge in [-0.3, -0.25) is 4.90 Å². The van der Waals surface area contributed by atoms with E-state index in [1.54, 1.807) is 0 Å². The fourth-order valence-electron chi connectivity index (χ4n) is 2.39. The van der Waals surface area contributed by atoms with Gasteiger partial charge < -0.3 is 10.2 Å². The highest BCUT2D eigenvalue weighted by molar-refractivity contribution is 7.99. The molecule has 0 spiro atoms. The molecular formula is C12H27N3S. The van der Waals surface area contributed by atoms with Crippen LogP contribution in [0.5, 0.6) is 0 Å². The maximum Gasteiger partial charge on any atom is 0.0351 e. The van der Waals surface area contributed by atoms with Crippen molar-refractivity contribution < 1.29 is 0 Å². The molecule has 2 unspecified atom stereocenters. The molecule has 0 aliphatic carbocycles. The lowest BCUT2D eigenvalue weighted by Gasteiger charge is -2.31. The van der Waals surface area contributed by atoms with Gasteiger partial charge in [-0.15, -0.1) is 0 Å². The minimum atomic E-state index is 0.738. The molecule has 0 amide bonds. The summed E-state index contributed by atoms with van der Waals surface area (Å²) in [5, 5.41) is 4.29. The van der Waals surface area contributed by atoms with Crippen molar-refractivity contribution in [3.63, 3.8) is 0 Å². The molecule has 1 saturated heterocycles. The van der Waals surface area contributed by atoms with Gasteiger partial charge in [-0.1, -0.05) is 6.92 Å². The van der Waals surface area contributed by atoms with E-state index in [0.29, 0.717) is 0 Å². The van der Waals surface area contributed by atoms with Crippen molar-refractivity contribution in [2.45, 2.75) is 24.6 Å². The third-order valence-corrected chi connectivity index (χ3v) is 4.44. The first-order valence-electron chi connectivity index (χ1n) is 6.31. The van der Waals surface area contributed by atoms with Crippen molar-refractivity contribution >= 4 is 11.8 Å². The standard InChI is InChI=1S/C12H27N3S/c1-5-15(8-6-7-14(2)3)11-9-13-10-12(11)16-4/h11-13H,5-10H2,1-4H3. The molecule has 16 heavy (non-hydrogen) atoms. The number of thioether (sulfide) groups is 1. The van der Waals surface area contributed by atoms with Gasteiger partial charge in [0.1, 0.15) is 0 Å². The van der Waals surface area contributed by atoms with Gasteiger partial charge in [0.15, 0.2) is 0 Å². The van der Waals surface area contributed by atoms with Crippen LogP contribution in [0.15, 0.2) is 0 Å². The molecule has 0 aromatic heterocycles. The minimum absolute atomic E-state index is 0.738. The summed E-state index contributed by atoms with van der Waals surface area (Å²) in [4.78, 5) is 4.91. The molecule has 1 N–H and O–H groups in total. The number of nitrogens with zero attached hydrogens (tertiary/aromatic N) is 2. The van der Waals surface area contributed by atoms with Gasteiger partial charge in [-0.05, 0) is 46.4 Å². The van der Waals surface area contributed by atoms with Crippen molar-refractivity contribution in [3.05, 3.63) is 0 Å². The van der Waals surface area contributed by atoms with Crippen LogP contribution in [-0.2, 0) is 0 Å². The molecule has 1 heterocycles. The van der Waals surface area contributed by atoms with E-state index < -0.39 is 0 Å². The zero-order valence-electron chi connectivity index (χ0n) is 11.2. The predicted molar refractivity (Wildman–Crippen MR) is 74.4 cm³/mol. The van der Waals surface area contributed by atoms with E-state index in [1.807, 2.05) is 11.8 Å². The average Bonchev–Trinajstić information content (AvgIpc) is 2.72. The maximum absolute atomic E-state index is 3.51. The fourth-order valence-corrected chi connectivity index (χ4v) is 3.26. The third kappa shape index (κ3) is 4.24. The summed E-state index contributed by atoms with van der Waals surface area (Å²) in [5.41, 5.74) is 0. The molecule has 1 rings (SSSR count). The van der Waals surface area contributed by atoms with Crippen LogP contribution < -0.4 is 5.32 Å². The minimum Gasteiger partial charge on any atom is -0.314 e. The lowest BCUT2D eigenvalue weighted by molar-refractivity contribution is 0.211. The number of nitrogens with one attached hydrogen (secondary N) is 1. The van der Waals surface area contributed by atoms with E-state index in [0.717, 1.165) is 11.3 Å². The van der Waals surface area contributed by atoms with Gasteiger partial charge in [0.05, 0.1) is 0 Å². The first-order valence-corrected chi connectivity index (χ1v) is 7.60. The van der Waals surface area contributed by atoms with Crippen molar-refractivity contribution in [1.29, 1.82) is 0 Å². The Morgan fingerprint density at radius 2 is 2.00 bits per heavy atom. The summed E-state index contributed by atoms with van der Waals surface area (Å²) in [6, 6.07) is 0.738. The van der Waals surface area contributed by atoms with Crippen LogP contribution in [0.3, 0.4) is 0 Å². The lowest BCUT2D eigenvalue weighted by Crippen LogP contribution is -2.43. The highest BCUT2D eigenvalue weighted by Crippen LogP contribution is 2.20. The normalized spacial score (nSPS) is 25.9. The van der Waals surface area contributed by atoms with Crippen LogP contribution >= 0.6 is 11.8 Å². The molecule has 0 radical (unpaired) electrons. The van der Waals surface area contributed by atoms with E-state index in [9.17, 15) is 0 Å². The second-order valence-electron chi connectivity index (χ2n) is 4.79. The van der Waals surface area contributed by atoms with Crippen molar-refractivity contribution in [2.75, 3.05) is 53.1 Å². The first kappa shape index (κ1) is 14.3. The first-order chi connectivity index (χ1) is 7.69. The smallest absolute Gasteiger partial charge is 0.0351 e. The number of likely N-dealkylation sites (N-methyl/N-ethyl adjacent to an activating group) is 1. The van der Waals surface area contributed by atoms with Gasteiger partial charge in [0.2, 0.25) is 0 Å². The molecule has 96 valence electrons. The fraction of sp³-hybridized carbons (Fsp3) is 1.00. The summed E-state index contributed by atoms with van der Waals surface area (Å²) >= 11 is 2.01. The van der Waals surface area contributed by atoms with Crippen molar-refractivity contribution in [3.8, 4) is 0 Å². The summed E-state index contributed by atoms with van der Waals surface area (Å²) in [6.45, 7) is 8.23. The van der Waals surface area contributed by atoms with Crippen LogP contribution in [-0.4, -0.2) is 74.2 Å². The predicted octanol–water partition coefficient (Wildman–Crippen LogP) is 0.963. The number of rotatable bonds is 7. The van der Waals surface area contributed by atoms with E-state index in [-0.39, 0.29) is 0 Å². The lowest BCUT2D eigenvalue weighted by atomic mass is 10.2. The highest BCUT2D eigenvalue weighted by Gasteiger charge is 2.30. The van der Waals surface area contributed by atoms with Gasteiger partial charge in [-0.25, -0.2) is 0 Å². The quantitative estimate of drug-likeness (QED) is 0.720. The SMILES string of the molecule is CCN(CCCN(C)C)C1CNCC1SC. The Hall–Kier alpha value is 0.230. The molecule has 2 atom stereocenters. The molecule has 1 aliphatic rings. The summed E-state index contributed by atoms with van der Waals surface area (Å²) in [6.07, 6.45) is 3.51. The third-order valence-electron chi connectivity index (χ3n) is 3.36. The van der Waals surface area contributed by atoms with Crippen molar-refractivity contribution in [1.82, 2.24) is 15.1 Å². The Morgan fingerprint density at radius 3 is 2.56 bits per heavy atom. The van der Waals surface area contributed by atoms with Crippen LogP contribution in [0.25, 0.3) is 0 Å². The molecule has 0 bridgehead atoms. The topological polar surface area (TPSA) is 18.5 Å². The molecule has 1 fully saturated rings. The molecule has 0 aromatic rings. The van der Waals surface area contributed by atoms with E-state index in [4.69, 9.17) is 0 Å². The Bertz CT molecular complexity index is 187. The summed E-state index contributed by atoms with van der Waals surface area (Å²) < 4.78 is 0. The van der Waals surface area contributed by atoms with E-state index >= 15 is 0 Å². The second-order valence-corrected chi connectivity index (χ2v) is 5.86. The zero-order valence-corrected chi connectivity index (χ0v) is 12.0. The Labute approximate surface area is 105 Å². The molecule has 3 nitrogen and oxygen atoms in total. The highest BCUT2D eigenvalue weighted by atomic mass is 32.2. The monoisotopic (exact) mass is 245 g/mol. The molecule has 0 aromatic carbocycles.